The Morgan fingerprint density at radius 2 is 1.40 bits per heavy atom. The number of carbonyl (C=O) groups excluding carboxylic acids is 1. The van der Waals surface area contributed by atoms with Crippen molar-refractivity contribution in [2.75, 3.05) is 14.1 Å². The Kier molecular flexibility index (Phi) is 4.78. The van der Waals surface area contributed by atoms with E-state index in [0.717, 1.165) is 0 Å². The van der Waals surface area contributed by atoms with Crippen molar-refractivity contribution in [2.24, 2.45) is 0 Å². The lowest BCUT2D eigenvalue weighted by Gasteiger charge is -2.40. The van der Waals surface area contributed by atoms with E-state index in [4.69, 9.17) is 0 Å². The quantitative estimate of drug-likeness (QED) is 0.714. The minimum atomic E-state index is -0.437. The molecule has 0 bridgehead atoms. The number of carbonyl (C=O) groups is 1. The number of amides is 1. The van der Waals surface area contributed by atoms with Gasteiger partial charge < -0.3 is 4.90 Å². The molecule has 3 nitrogen and oxygen atoms in total. The Balaban J connectivity index is 4.80. The summed E-state index contributed by atoms with van der Waals surface area (Å²) < 4.78 is 0. The predicted octanol–water partition coefficient (Wildman–Crippen LogP) is 1.97. The molecule has 0 aliphatic heterocycles. The van der Waals surface area contributed by atoms with Crippen LogP contribution in [-0.4, -0.2) is 47.4 Å². The molecular formula is C12H26N2O. The van der Waals surface area contributed by atoms with Crippen LogP contribution in [-0.2, 0) is 4.79 Å². The van der Waals surface area contributed by atoms with E-state index in [1.807, 2.05) is 41.8 Å². The van der Waals surface area contributed by atoms with E-state index in [1.165, 1.54) is 0 Å². The number of rotatable bonds is 4. The lowest BCUT2D eigenvalue weighted by molar-refractivity contribution is -0.143. The van der Waals surface area contributed by atoms with Gasteiger partial charge in [-0.2, -0.15) is 0 Å². The predicted molar refractivity (Wildman–Crippen MR) is 64.9 cm³/mol. The Bertz CT molecular complexity index is 222. The van der Waals surface area contributed by atoms with E-state index >= 15 is 0 Å². The lowest BCUT2D eigenvalue weighted by Crippen LogP contribution is -2.57. The maximum Gasteiger partial charge on any atom is 0.242 e. The van der Waals surface area contributed by atoms with Gasteiger partial charge in [-0.15, -0.1) is 0 Å². The van der Waals surface area contributed by atoms with E-state index in [0.29, 0.717) is 6.04 Å². The fourth-order valence-corrected chi connectivity index (χ4v) is 1.46. The molecule has 1 amide bonds. The highest BCUT2D eigenvalue weighted by Gasteiger charge is 2.36. The fourth-order valence-electron chi connectivity index (χ4n) is 1.46. The molecule has 0 fully saturated rings. The van der Waals surface area contributed by atoms with Gasteiger partial charge in [0.25, 0.3) is 0 Å². The van der Waals surface area contributed by atoms with Crippen molar-refractivity contribution >= 4 is 5.91 Å². The van der Waals surface area contributed by atoms with Gasteiger partial charge >= 0.3 is 0 Å². The second-order valence-electron chi connectivity index (χ2n) is 5.27. The van der Waals surface area contributed by atoms with Gasteiger partial charge in [0.05, 0.1) is 5.54 Å². The minimum absolute atomic E-state index is 0.175. The molecule has 0 aliphatic carbocycles. The van der Waals surface area contributed by atoms with Gasteiger partial charge in [0, 0.05) is 19.1 Å². The topological polar surface area (TPSA) is 23.6 Å². The second-order valence-corrected chi connectivity index (χ2v) is 5.27. The molecule has 0 atom stereocenters. The molecule has 0 N–H and O–H groups in total. The van der Waals surface area contributed by atoms with Gasteiger partial charge in [0.15, 0.2) is 0 Å². The summed E-state index contributed by atoms with van der Waals surface area (Å²) in [5.74, 6) is 0.175. The van der Waals surface area contributed by atoms with Crippen molar-refractivity contribution < 1.29 is 4.79 Å². The SMILES string of the molecule is CC(C)N(C)C(=O)C(C)(C)N(C)C(C)C. The summed E-state index contributed by atoms with van der Waals surface area (Å²) in [7, 11) is 3.86. The average molecular weight is 214 g/mol. The zero-order valence-corrected chi connectivity index (χ0v) is 11.5. The number of hydrogen-bond donors (Lipinski definition) is 0. The first-order valence-corrected chi connectivity index (χ1v) is 5.62. The zero-order chi connectivity index (χ0) is 12.4. The van der Waals surface area contributed by atoms with Crippen LogP contribution in [0.15, 0.2) is 0 Å². The first-order valence-electron chi connectivity index (χ1n) is 5.62. The van der Waals surface area contributed by atoms with Crippen LogP contribution in [0.4, 0.5) is 0 Å². The van der Waals surface area contributed by atoms with Gasteiger partial charge in [0.1, 0.15) is 0 Å². The van der Waals surface area contributed by atoms with Crippen LogP contribution < -0.4 is 0 Å². The highest BCUT2D eigenvalue weighted by atomic mass is 16.2. The molecule has 15 heavy (non-hydrogen) atoms. The summed E-state index contributed by atoms with van der Waals surface area (Å²) in [5, 5.41) is 0. The zero-order valence-electron chi connectivity index (χ0n) is 11.5. The summed E-state index contributed by atoms with van der Waals surface area (Å²) in [6.07, 6.45) is 0. The lowest BCUT2D eigenvalue weighted by atomic mass is 9.99. The maximum absolute atomic E-state index is 12.2. The van der Waals surface area contributed by atoms with Gasteiger partial charge in [-0.05, 0) is 48.6 Å². The van der Waals surface area contributed by atoms with Crippen molar-refractivity contribution in [3.63, 3.8) is 0 Å². The van der Waals surface area contributed by atoms with Crippen LogP contribution >= 0.6 is 0 Å². The van der Waals surface area contributed by atoms with Crippen molar-refractivity contribution in [2.45, 2.75) is 59.2 Å². The second kappa shape index (κ2) is 4.97. The van der Waals surface area contributed by atoms with Crippen LogP contribution in [0.5, 0.6) is 0 Å². The highest BCUT2D eigenvalue weighted by Crippen LogP contribution is 2.19. The number of likely N-dealkylation sites (N-methyl/N-ethyl adjacent to an activating group) is 2. The van der Waals surface area contributed by atoms with E-state index in [1.54, 1.807) is 4.90 Å². The van der Waals surface area contributed by atoms with Crippen LogP contribution in [0, 0.1) is 0 Å². The minimum Gasteiger partial charge on any atom is -0.342 e. The Hall–Kier alpha value is -0.570. The molecule has 0 rings (SSSR count). The molecule has 0 spiro atoms. The third kappa shape index (κ3) is 3.20. The standard InChI is InChI=1S/C12H26N2O/c1-9(2)13(7)11(15)12(5,6)14(8)10(3)4/h9-10H,1-8H3. The molecule has 0 aromatic rings. The van der Waals surface area contributed by atoms with Crippen LogP contribution in [0.25, 0.3) is 0 Å². The van der Waals surface area contributed by atoms with Crippen LogP contribution in [0.3, 0.4) is 0 Å². The third-order valence-corrected chi connectivity index (χ3v) is 3.27. The molecular weight excluding hydrogens is 188 g/mol. The summed E-state index contributed by atoms with van der Waals surface area (Å²) in [4.78, 5) is 16.1. The first kappa shape index (κ1) is 14.4. The van der Waals surface area contributed by atoms with E-state index in [-0.39, 0.29) is 11.9 Å². The van der Waals surface area contributed by atoms with Crippen molar-refractivity contribution in [1.29, 1.82) is 0 Å². The molecule has 0 aromatic carbocycles. The molecule has 0 unspecified atom stereocenters. The van der Waals surface area contributed by atoms with E-state index < -0.39 is 5.54 Å². The Morgan fingerprint density at radius 3 is 1.67 bits per heavy atom. The third-order valence-electron chi connectivity index (χ3n) is 3.27. The van der Waals surface area contributed by atoms with Crippen molar-refractivity contribution in [3.05, 3.63) is 0 Å². The monoisotopic (exact) mass is 214 g/mol. The number of nitrogens with zero attached hydrogens (tertiary/aromatic N) is 2. The maximum atomic E-state index is 12.2. The number of hydrogen-bond acceptors (Lipinski definition) is 2. The largest absolute Gasteiger partial charge is 0.342 e. The molecule has 0 saturated carbocycles. The van der Waals surface area contributed by atoms with E-state index in [2.05, 4.69) is 18.7 Å². The molecule has 0 aromatic heterocycles. The summed E-state index contributed by atoms with van der Waals surface area (Å²) >= 11 is 0. The Labute approximate surface area is 94.4 Å². The molecule has 0 radical (unpaired) electrons. The van der Waals surface area contributed by atoms with Gasteiger partial charge in [0.2, 0.25) is 5.91 Å². The molecule has 0 saturated heterocycles. The van der Waals surface area contributed by atoms with Crippen LogP contribution in [0.1, 0.15) is 41.5 Å². The van der Waals surface area contributed by atoms with Crippen molar-refractivity contribution in [3.8, 4) is 0 Å². The van der Waals surface area contributed by atoms with Gasteiger partial charge in [-0.3, -0.25) is 9.69 Å². The van der Waals surface area contributed by atoms with Crippen molar-refractivity contribution in [1.82, 2.24) is 9.80 Å². The fraction of sp³-hybridized carbons (Fsp3) is 0.917. The van der Waals surface area contributed by atoms with Crippen LogP contribution in [0.2, 0.25) is 0 Å². The summed E-state index contributed by atoms with van der Waals surface area (Å²) in [6, 6.07) is 0.613. The molecule has 3 heteroatoms. The van der Waals surface area contributed by atoms with Gasteiger partial charge in [-0.1, -0.05) is 0 Å². The Morgan fingerprint density at radius 1 is 1.00 bits per heavy atom. The summed E-state index contributed by atoms with van der Waals surface area (Å²) in [6.45, 7) is 12.2. The van der Waals surface area contributed by atoms with Gasteiger partial charge in [-0.25, -0.2) is 0 Å². The summed E-state index contributed by atoms with van der Waals surface area (Å²) in [5.41, 5.74) is -0.437. The highest BCUT2D eigenvalue weighted by molar-refractivity contribution is 5.85. The molecule has 0 heterocycles. The molecule has 0 aliphatic rings. The normalized spacial score (nSPS) is 12.7. The first-order chi connectivity index (χ1) is 6.62. The smallest absolute Gasteiger partial charge is 0.242 e. The van der Waals surface area contributed by atoms with E-state index in [9.17, 15) is 4.79 Å². The molecule has 90 valence electrons. The average Bonchev–Trinajstić information content (AvgIpc) is 2.13.